The maximum atomic E-state index is 12.8. The number of benzene rings is 1. The minimum Gasteiger partial charge on any atom is -0.453 e. The third-order valence-corrected chi connectivity index (χ3v) is 5.54. The lowest BCUT2D eigenvalue weighted by atomic mass is 10.1. The van der Waals surface area contributed by atoms with Gasteiger partial charge >= 0.3 is 6.09 Å². The van der Waals surface area contributed by atoms with Crippen LogP contribution in [-0.2, 0) is 17.7 Å². The summed E-state index contributed by atoms with van der Waals surface area (Å²) in [6, 6.07) is 7.64. The Morgan fingerprint density at radius 2 is 2.17 bits per heavy atom. The number of carbonyl (C=O) groups is 2. The van der Waals surface area contributed by atoms with E-state index in [4.69, 9.17) is 0 Å². The monoisotopic (exact) mass is 363 g/mol. The quantitative estimate of drug-likeness (QED) is 0.848. The Bertz CT molecular complexity index is 776. The van der Waals surface area contributed by atoms with Gasteiger partial charge in [0.2, 0.25) is 0 Å². The molecule has 1 aromatic heterocycles. The summed E-state index contributed by atoms with van der Waals surface area (Å²) >= 11 is 2.95. The van der Waals surface area contributed by atoms with Crippen LogP contribution < -0.4 is 5.32 Å². The molecule has 0 radical (unpaired) electrons. The Morgan fingerprint density at radius 1 is 1.38 bits per heavy atom. The predicted molar refractivity (Wildman–Crippen MR) is 94.8 cm³/mol. The number of anilines is 1. The fraction of sp³-hybridized carbons (Fsp3) is 0.312. The van der Waals surface area contributed by atoms with Gasteiger partial charge in [-0.05, 0) is 18.4 Å². The normalized spacial score (nSPS) is 13.3. The average molecular weight is 363 g/mol. The Balaban J connectivity index is 1.77. The van der Waals surface area contributed by atoms with Crippen LogP contribution in [0.25, 0.3) is 0 Å². The number of amides is 2. The van der Waals surface area contributed by atoms with Crippen LogP contribution in [0.3, 0.4) is 0 Å². The SMILES string of the molecule is COC(=O)Nc1nc2c(s1)CN(C(=O)c1ccccc1SC)CC2. The van der Waals surface area contributed by atoms with Crippen LogP contribution in [-0.4, -0.2) is 41.8 Å². The Morgan fingerprint density at radius 3 is 2.92 bits per heavy atom. The fourth-order valence-corrected chi connectivity index (χ4v) is 4.15. The molecular formula is C16H17N3O3S2. The van der Waals surface area contributed by atoms with Gasteiger partial charge in [-0.3, -0.25) is 10.1 Å². The number of ether oxygens (including phenoxy) is 1. The molecule has 0 aliphatic carbocycles. The summed E-state index contributed by atoms with van der Waals surface area (Å²) in [5.41, 5.74) is 1.67. The predicted octanol–water partition coefficient (Wildman–Crippen LogP) is 3.24. The zero-order chi connectivity index (χ0) is 17.1. The number of aromatic nitrogens is 1. The highest BCUT2D eigenvalue weighted by atomic mass is 32.2. The molecule has 0 unspecified atom stereocenters. The van der Waals surface area contributed by atoms with Crippen LogP contribution in [0.4, 0.5) is 9.93 Å². The summed E-state index contributed by atoms with van der Waals surface area (Å²) in [6.45, 7) is 1.13. The van der Waals surface area contributed by atoms with E-state index < -0.39 is 6.09 Å². The lowest BCUT2D eigenvalue weighted by molar-refractivity contribution is 0.0732. The lowest BCUT2D eigenvalue weighted by Crippen LogP contribution is -2.35. The first-order valence-corrected chi connectivity index (χ1v) is 9.42. The van der Waals surface area contributed by atoms with E-state index in [0.29, 0.717) is 24.6 Å². The van der Waals surface area contributed by atoms with Gasteiger partial charge in [-0.2, -0.15) is 0 Å². The number of carbonyl (C=O) groups excluding carboxylic acids is 2. The third-order valence-electron chi connectivity index (χ3n) is 3.75. The molecule has 1 N–H and O–H groups in total. The molecule has 0 spiro atoms. The first-order valence-electron chi connectivity index (χ1n) is 7.38. The number of rotatable bonds is 3. The summed E-state index contributed by atoms with van der Waals surface area (Å²) in [5, 5.41) is 3.09. The second kappa shape index (κ2) is 7.23. The molecule has 2 heterocycles. The molecule has 126 valence electrons. The van der Waals surface area contributed by atoms with Gasteiger partial charge in [0.1, 0.15) is 0 Å². The van der Waals surface area contributed by atoms with Gasteiger partial charge in [0.25, 0.3) is 5.91 Å². The molecular weight excluding hydrogens is 346 g/mol. The van der Waals surface area contributed by atoms with Gasteiger partial charge in [0.15, 0.2) is 5.13 Å². The Kier molecular flexibility index (Phi) is 5.06. The van der Waals surface area contributed by atoms with Crippen molar-refractivity contribution in [3.63, 3.8) is 0 Å². The first-order chi connectivity index (χ1) is 11.6. The Hall–Kier alpha value is -2.06. The minimum absolute atomic E-state index is 0.0291. The number of thiazole rings is 1. The summed E-state index contributed by atoms with van der Waals surface area (Å²) in [4.78, 5) is 32.3. The number of hydrogen-bond acceptors (Lipinski definition) is 6. The molecule has 0 atom stereocenters. The molecule has 3 rings (SSSR count). The second-order valence-corrected chi connectivity index (χ2v) is 7.11. The first kappa shape index (κ1) is 16.8. The average Bonchev–Trinajstić information content (AvgIpc) is 3.02. The fourth-order valence-electron chi connectivity index (χ4n) is 2.55. The van der Waals surface area contributed by atoms with E-state index in [1.165, 1.54) is 18.4 Å². The van der Waals surface area contributed by atoms with Gasteiger partial charge in [-0.15, -0.1) is 11.8 Å². The van der Waals surface area contributed by atoms with Crippen molar-refractivity contribution < 1.29 is 14.3 Å². The van der Waals surface area contributed by atoms with Crippen molar-refractivity contribution in [3.8, 4) is 0 Å². The molecule has 1 aromatic carbocycles. The smallest absolute Gasteiger partial charge is 0.413 e. The molecule has 0 saturated heterocycles. The van der Waals surface area contributed by atoms with Gasteiger partial charge in [-0.25, -0.2) is 9.78 Å². The van der Waals surface area contributed by atoms with Crippen molar-refractivity contribution >= 4 is 40.2 Å². The highest BCUT2D eigenvalue weighted by Crippen LogP contribution is 2.30. The minimum atomic E-state index is -0.539. The Labute approximate surface area is 148 Å². The van der Waals surface area contributed by atoms with Crippen molar-refractivity contribution in [2.24, 2.45) is 0 Å². The number of methoxy groups -OCH3 is 1. The van der Waals surface area contributed by atoms with Crippen molar-refractivity contribution in [2.75, 3.05) is 25.2 Å². The van der Waals surface area contributed by atoms with Crippen LogP contribution in [0.5, 0.6) is 0 Å². The summed E-state index contributed by atoms with van der Waals surface area (Å²) in [5.74, 6) is 0.0291. The molecule has 1 aliphatic heterocycles. The number of thioether (sulfide) groups is 1. The number of nitrogens with zero attached hydrogens (tertiary/aromatic N) is 2. The van der Waals surface area contributed by atoms with E-state index in [0.717, 1.165) is 21.0 Å². The van der Waals surface area contributed by atoms with Crippen molar-refractivity contribution in [1.29, 1.82) is 0 Å². The zero-order valence-corrected chi connectivity index (χ0v) is 15.0. The molecule has 2 amide bonds. The molecule has 2 aromatic rings. The van der Waals surface area contributed by atoms with E-state index in [1.807, 2.05) is 35.4 Å². The number of fused-ring (bicyclic) bond motifs is 1. The topological polar surface area (TPSA) is 71.5 Å². The van der Waals surface area contributed by atoms with Crippen molar-refractivity contribution in [2.45, 2.75) is 17.9 Å². The molecule has 0 bridgehead atoms. The maximum Gasteiger partial charge on any atom is 0.413 e. The molecule has 24 heavy (non-hydrogen) atoms. The van der Waals surface area contributed by atoms with Crippen LogP contribution in [0.15, 0.2) is 29.2 Å². The van der Waals surface area contributed by atoms with Gasteiger partial charge in [-0.1, -0.05) is 23.5 Å². The van der Waals surface area contributed by atoms with E-state index >= 15 is 0 Å². The molecule has 6 nitrogen and oxygen atoms in total. The maximum absolute atomic E-state index is 12.8. The van der Waals surface area contributed by atoms with Crippen LogP contribution in [0, 0.1) is 0 Å². The highest BCUT2D eigenvalue weighted by molar-refractivity contribution is 7.98. The molecule has 1 aliphatic rings. The summed E-state index contributed by atoms with van der Waals surface area (Å²) in [6.07, 6.45) is 2.11. The molecule has 0 saturated carbocycles. The standard InChI is InChI=1S/C16H17N3O3S2/c1-22-16(21)18-15-17-11-7-8-19(9-13(11)24-15)14(20)10-5-3-4-6-12(10)23-2/h3-6H,7-9H2,1-2H3,(H,17,18,21). The van der Waals surface area contributed by atoms with E-state index in [-0.39, 0.29) is 5.91 Å². The van der Waals surface area contributed by atoms with Crippen molar-refractivity contribution in [3.05, 3.63) is 40.4 Å². The summed E-state index contributed by atoms with van der Waals surface area (Å²) < 4.78 is 4.58. The van der Waals surface area contributed by atoms with Gasteiger partial charge < -0.3 is 9.64 Å². The van der Waals surface area contributed by atoms with E-state index in [9.17, 15) is 9.59 Å². The van der Waals surface area contributed by atoms with Crippen LogP contribution in [0.1, 0.15) is 20.9 Å². The van der Waals surface area contributed by atoms with Gasteiger partial charge in [0, 0.05) is 22.7 Å². The largest absolute Gasteiger partial charge is 0.453 e. The molecule has 8 heteroatoms. The van der Waals surface area contributed by atoms with Crippen LogP contribution in [0.2, 0.25) is 0 Å². The van der Waals surface area contributed by atoms with Crippen LogP contribution >= 0.6 is 23.1 Å². The van der Waals surface area contributed by atoms with E-state index in [2.05, 4.69) is 15.0 Å². The number of nitrogens with one attached hydrogen (secondary N) is 1. The highest BCUT2D eigenvalue weighted by Gasteiger charge is 2.26. The second-order valence-electron chi connectivity index (χ2n) is 5.18. The number of hydrogen-bond donors (Lipinski definition) is 1. The lowest BCUT2D eigenvalue weighted by Gasteiger charge is -2.26. The van der Waals surface area contributed by atoms with Gasteiger partial charge in [0.05, 0.1) is 24.9 Å². The summed E-state index contributed by atoms with van der Waals surface area (Å²) in [7, 11) is 1.31. The zero-order valence-electron chi connectivity index (χ0n) is 13.4. The third kappa shape index (κ3) is 3.39. The van der Waals surface area contributed by atoms with E-state index in [1.54, 1.807) is 11.8 Å². The molecule has 0 fully saturated rings. The van der Waals surface area contributed by atoms with Crippen molar-refractivity contribution in [1.82, 2.24) is 9.88 Å².